The zero-order valence-corrected chi connectivity index (χ0v) is 15.3. The van der Waals surface area contributed by atoms with Crippen molar-refractivity contribution in [2.45, 2.75) is 32.6 Å². The molecule has 1 N–H and O–H groups in total. The molecule has 7 nitrogen and oxygen atoms in total. The van der Waals surface area contributed by atoms with Crippen LogP contribution in [0.4, 0.5) is 11.4 Å². The predicted octanol–water partition coefficient (Wildman–Crippen LogP) is 4.57. The summed E-state index contributed by atoms with van der Waals surface area (Å²) in [7, 11) is 0. The number of nitro benzene ring substituents is 1. The van der Waals surface area contributed by atoms with Gasteiger partial charge in [0.15, 0.2) is 6.61 Å². The number of carbonyl (C=O) groups excluding carboxylic acids is 1. The molecule has 2 aromatic rings. The van der Waals surface area contributed by atoms with E-state index < -0.39 is 4.92 Å². The van der Waals surface area contributed by atoms with Crippen LogP contribution in [0.15, 0.2) is 48.5 Å². The second-order valence-corrected chi connectivity index (χ2v) is 6.02. The second-order valence-electron chi connectivity index (χ2n) is 6.02. The van der Waals surface area contributed by atoms with E-state index in [-0.39, 0.29) is 18.2 Å². The van der Waals surface area contributed by atoms with Crippen molar-refractivity contribution in [2.24, 2.45) is 0 Å². The van der Waals surface area contributed by atoms with Gasteiger partial charge in [-0.3, -0.25) is 14.9 Å². The summed E-state index contributed by atoms with van der Waals surface area (Å²) in [6.07, 6.45) is 4.54. The summed E-state index contributed by atoms with van der Waals surface area (Å²) < 4.78 is 11.0. The number of unbranched alkanes of at least 4 members (excludes halogenated alkanes) is 3. The standard InChI is InChI=1S/C20H24N2O5/c1-2-3-4-5-13-26-19-8-6-7-16(14-19)21-20(23)15-27-18-11-9-17(10-12-18)22(24)25/h6-12,14H,2-5,13,15H2,1H3,(H,21,23). The quantitative estimate of drug-likeness (QED) is 0.354. The normalized spacial score (nSPS) is 10.3. The predicted molar refractivity (Wildman–Crippen MR) is 103 cm³/mol. The van der Waals surface area contributed by atoms with Crippen LogP contribution in [0.5, 0.6) is 11.5 Å². The number of anilines is 1. The van der Waals surface area contributed by atoms with Crippen LogP contribution in [0.3, 0.4) is 0 Å². The van der Waals surface area contributed by atoms with Gasteiger partial charge < -0.3 is 14.8 Å². The van der Waals surface area contributed by atoms with E-state index >= 15 is 0 Å². The Morgan fingerprint density at radius 1 is 1.04 bits per heavy atom. The number of carbonyl (C=O) groups is 1. The number of rotatable bonds is 11. The summed E-state index contributed by atoms with van der Waals surface area (Å²) >= 11 is 0. The van der Waals surface area contributed by atoms with Crippen molar-refractivity contribution in [1.29, 1.82) is 0 Å². The molecule has 7 heteroatoms. The minimum absolute atomic E-state index is 0.0293. The second kappa shape index (κ2) is 10.8. The smallest absolute Gasteiger partial charge is 0.269 e. The monoisotopic (exact) mass is 372 g/mol. The Kier molecular flexibility index (Phi) is 8.09. The van der Waals surface area contributed by atoms with Crippen LogP contribution in [0.25, 0.3) is 0 Å². The van der Waals surface area contributed by atoms with E-state index in [0.29, 0.717) is 23.8 Å². The average Bonchev–Trinajstić information content (AvgIpc) is 2.67. The Balaban J connectivity index is 1.77. The number of nitrogens with one attached hydrogen (secondary N) is 1. The van der Waals surface area contributed by atoms with Crippen LogP contribution in [0.2, 0.25) is 0 Å². The van der Waals surface area contributed by atoms with Crippen LogP contribution >= 0.6 is 0 Å². The molecule has 1 amide bonds. The first kappa shape index (κ1) is 20.2. The van der Waals surface area contributed by atoms with Gasteiger partial charge >= 0.3 is 0 Å². The Bertz CT molecular complexity index is 746. The number of benzene rings is 2. The molecule has 0 fully saturated rings. The fraction of sp³-hybridized carbons (Fsp3) is 0.350. The summed E-state index contributed by atoms with van der Waals surface area (Å²) in [6, 6.07) is 12.8. The molecular formula is C20H24N2O5. The van der Waals surface area contributed by atoms with E-state index in [9.17, 15) is 14.9 Å². The maximum atomic E-state index is 12.0. The summed E-state index contributed by atoms with van der Waals surface area (Å²) in [4.78, 5) is 22.1. The van der Waals surface area contributed by atoms with E-state index in [0.717, 1.165) is 12.8 Å². The van der Waals surface area contributed by atoms with Crippen LogP contribution in [0, 0.1) is 10.1 Å². The molecule has 0 bridgehead atoms. The summed E-state index contributed by atoms with van der Waals surface area (Å²) in [6.45, 7) is 2.62. The van der Waals surface area contributed by atoms with Gasteiger partial charge in [0.1, 0.15) is 11.5 Å². The van der Waals surface area contributed by atoms with Gasteiger partial charge in [-0.1, -0.05) is 32.3 Å². The van der Waals surface area contributed by atoms with Crippen LogP contribution in [-0.2, 0) is 4.79 Å². The zero-order chi connectivity index (χ0) is 19.5. The molecule has 0 aromatic heterocycles. The van der Waals surface area contributed by atoms with Gasteiger partial charge in [-0.2, -0.15) is 0 Å². The lowest BCUT2D eigenvalue weighted by Crippen LogP contribution is -2.20. The number of hydrogen-bond acceptors (Lipinski definition) is 5. The Morgan fingerprint density at radius 2 is 1.81 bits per heavy atom. The first-order valence-corrected chi connectivity index (χ1v) is 8.98. The summed E-state index contributed by atoms with van der Waals surface area (Å²) in [5.74, 6) is 0.772. The topological polar surface area (TPSA) is 90.7 Å². The average molecular weight is 372 g/mol. The molecule has 2 aromatic carbocycles. The highest BCUT2D eigenvalue weighted by molar-refractivity contribution is 5.92. The van der Waals surface area contributed by atoms with Gasteiger partial charge in [0.05, 0.1) is 11.5 Å². The molecule has 0 unspecified atom stereocenters. The molecule has 0 atom stereocenters. The molecule has 2 rings (SSSR count). The number of non-ortho nitro benzene ring substituents is 1. The lowest BCUT2D eigenvalue weighted by atomic mass is 10.2. The van der Waals surface area contributed by atoms with Crippen molar-refractivity contribution >= 4 is 17.3 Å². The highest BCUT2D eigenvalue weighted by atomic mass is 16.6. The molecule has 0 saturated heterocycles. The van der Waals surface area contributed by atoms with Crippen molar-refractivity contribution in [3.05, 3.63) is 58.6 Å². The largest absolute Gasteiger partial charge is 0.494 e. The third-order valence-corrected chi connectivity index (χ3v) is 3.80. The summed E-state index contributed by atoms with van der Waals surface area (Å²) in [5, 5.41) is 13.4. The van der Waals surface area contributed by atoms with Gasteiger partial charge in [0.25, 0.3) is 11.6 Å². The number of nitrogens with zero attached hydrogens (tertiary/aromatic N) is 1. The van der Waals surface area contributed by atoms with E-state index in [1.165, 1.54) is 37.1 Å². The fourth-order valence-electron chi connectivity index (χ4n) is 2.39. The van der Waals surface area contributed by atoms with Gasteiger partial charge in [-0.05, 0) is 30.7 Å². The number of nitro groups is 1. The van der Waals surface area contributed by atoms with Crippen molar-refractivity contribution in [2.75, 3.05) is 18.5 Å². The minimum Gasteiger partial charge on any atom is -0.494 e. The van der Waals surface area contributed by atoms with Crippen molar-refractivity contribution in [3.63, 3.8) is 0 Å². The highest BCUT2D eigenvalue weighted by Gasteiger charge is 2.07. The van der Waals surface area contributed by atoms with E-state index in [1.807, 2.05) is 12.1 Å². The van der Waals surface area contributed by atoms with Gasteiger partial charge in [0, 0.05) is 23.9 Å². The van der Waals surface area contributed by atoms with Crippen molar-refractivity contribution in [3.8, 4) is 11.5 Å². The van der Waals surface area contributed by atoms with Crippen LogP contribution in [-0.4, -0.2) is 24.0 Å². The molecule has 0 aliphatic heterocycles. The fourth-order valence-corrected chi connectivity index (χ4v) is 2.39. The minimum atomic E-state index is -0.491. The first-order valence-electron chi connectivity index (χ1n) is 8.98. The molecular weight excluding hydrogens is 348 g/mol. The molecule has 0 spiro atoms. The number of hydrogen-bond donors (Lipinski definition) is 1. The molecule has 27 heavy (non-hydrogen) atoms. The van der Waals surface area contributed by atoms with Gasteiger partial charge in [-0.15, -0.1) is 0 Å². The van der Waals surface area contributed by atoms with E-state index in [2.05, 4.69) is 12.2 Å². The highest BCUT2D eigenvalue weighted by Crippen LogP contribution is 2.19. The lowest BCUT2D eigenvalue weighted by Gasteiger charge is -2.10. The molecule has 0 heterocycles. The van der Waals surface area contributed by atoms with Crippen LogP contribution < -0.4 is 14.8 Å². The van der Waals surface area contributed by atoms with Crippen molar-refractivity contribution in [1.82, 2.24) is 0 Å². The first-order chi connectivity index (χ1) is 13.1. The molecule has 144 valence electrons. The maximum absolute atomic E-state index is 12.0. The Morgan fingerprint density at radius 3 is 2.52 bits per heavy atom. The number of ether oxygens (including phenoxy) is 2. The zero-order valence-electron chi connectivity index (χ0n) is 15.3. The third kappa shape index (κ3) is 7.35. The Hall–Kier alpha value is -3.09. The molecule has 0 radical (unpaired) electrons. The molecule has 0 aliphatic rings. The summed E-state index contributed by atoms with van der Waals surface area (Å²) in [5.41, 5.74) is 0.594. The maximum Gasteiger partial charge on any atom is 0.269 e. The van der Waals surface area contributed by atoms with E-state index in [1.54, 1.807) is 12.1 Å². The van der Waals surface area contributed by atoms with E-state index in [4.69, 9.17) is 9.47 Å². The number of amides is 1. The van der Waals surface area contributed by atoms with Gasteiger partial charge in [-0.25, -0.2) is 0 Å². The Labute approximate surface area is 158 Å². The van der Waals surface area contributed by atoms with Crippen LogP contribution in [0.1, 0.15) is 32.6 Å². The molecule has 0 aliphatic carbocycles. The SMILES string of the molecule is CCCCCCOc1cccc(NC(=O)COc2ccc([N+](=O)[O-])cc2)c1. The van der Waals surface area contributed by atoms with Gasteiger partial charge in [0.2, 0.25) is 0 Å². The lowest BCUT2D eigenvalue weighted by molar-refractivity contribution is -0.384. The molecule has 0 saturated carbocycles. The third-order valence-electron chi connectivity index (χ3n) is 3.80. The van der Waals surface area contributed by atoms with Crippen molar-refractivity contribution < 1.29 is 19.2 Å².